The van der Waals surface area contributed by atoms with Crippen LogP contribution in [0.15, 0.2) is 48.5 Å². The second-order valence-electron chi connectivity index (χ2n) is 6.81. The minimum Gasteiger partial charge on any atom is -0.326 e. The van der Waals surface area contributed by atoms with Crippen molar-refractivity contribution >= 4 is 0 Å². The molecule has 0 amide bonds. The second kappa shape index (κ2) is 9.39. The van der Waals surface area contributed by atoms with E-state index in [0.29, 0.717) is 13.1 Å². The highest BCUT2D eigenvalue weighted by Crippen LogP contribution is 2.24. The number of nitrogens with one attached hydrogen (secondary N) is 1. The maximum absolute atomic E-state index is 5.78. The van der Waals surface area contributed by atoms with Gasteiger partial charge in [0.1, 0.15) is 0 Å². The zero-order valence-corrected chi connectivity index (χ0v) is 16.1. The van der Waals surface area contributed by atoms with Gasteiger partial charge < -0.3 is 5.73 Å². The number of tetrazole rings is 1. The average Bonchev–Trinajstić information content (AvgIpc) is 3.16. The van der Waals surface area contributed by atoms with Gasteiger partial charge in [-0.1, -0.05) is 61.9 Å². The van der Waals surface area contributed by atoms with Crippen LogP contribution in [-0.4, -0.2) is 20.2 Å². The van der Waals surface area contributed by atoms with Crippen LogP contribution in [0.3, 0.4) is 0 Å². The highest BCUT2D eigenvalue weighted by atomic mass is 15.5. The van der Waals surface area contributed by atoms with Crippen molar-refractivity contribution in [3.05, 3.63) is 76.6 Å². The Morgan fingerprint density at radius 1 is 1.11 bits per heavy atom. The van der Waals surface area contributed by atoms with Crippen molar-refractivity contribution in [2.24, 2.45) is 5.73 Å². The Kier molecular flexibility index (Phi) is 6.68. The summed E-state index contributed by atoms with van der Waals surface area (Å²) in [7, 11) is 0. The third-order valence-corrected chi connectivity index (χ3v) is 4.78. The van der Waals surface area contributed by atoms with E-state index in [1.165, 1.54) is 16.7 Å². The lowest BCUT2D eigenvalue weighted by atomic mass is 10.00. The van der Waals surface area contributed by atoms with Crippen molar-refractivity contribution in [3.8, 4) is 0 Å². The summed E-state index contributed by atoms with van der Waals surface area (Å²) in [4.78, 5) is 0. The number of nitrogens with zero attached hydrogens (tertiary/aromatic N) is 4. The molecule has 1 unspecified atom stereocenters. The van der Waals surface area contributed by atoms with Crippen LogP contribution in [0, 0.1) is 6.92 Å². The van der Waals surface area contributed by atoms with Crippen LogP contribution in [0.2, 0.25) is 0 Å². The first-order valence-corrected chi connectivity index (χ1v) is 9.55. The molecule has 1 atom stereocenters. The van der Waals surface area contributed by atoms with Crippen LogP contribution in [0.25, 0.3) is 0 Å². The molecule has 3 rings (SSSR count). The maximum Gasteiger partial charge on any atom is 0.172 e. The van der Waals surface area contributed by atoms with E-state index >= 15 is 0 Å². The molecule has 0 radical (unpaired) electrons. The number of nitrogens with two attached hydrogens (primary N) is 1. The van der Waals surface area contributed by atoms with Crippen molar-refractivity contribution in [2.45, 2.75) is 52.4 Å². The zero-order valence-electron chi connectivity index (χ0n) is 16.1. The van der Waals surface area contributed by atoms with Crippen molar-refractivity contribution in [1.82, 2.24) is 25.5 Å². The van der Waals surface area contributed by atoms with Gasteiger partial charge in [-0.25, -0.2) is 4.68 Å². The van der Waals surface area contributed by atoms with Crippen LogP contribution in [0.4, 0.5) is 0 Å². The van der Waals surface area contributed by atoms with Crippen molar-refractivity contribution in [3.63, 3.8) is 0 Å². The van der Waals surface area contributed by atoms with Gasteiger partial charge in [0.2, 0.25) is 0 Å². The summed E-state index contributed by atoms with van der Waals surface area (Å²) in [6, 6.07) is 16.7. The van der Waals surface area contributed by atoms with E-state index in [1.807, 2.05) is 16.8 Å². The third kappa shape index (κ3) is 4.78. The Balaban J connectivity index is 1.89. The molecule has 2 aromatic carbocycles. The molecule has 6 heteroatoms. The van der Waals surface area contributed by atoms with Gasteiger partial charge in [0, 0.05) is 19.6 Å². The third-order valence-electron chi connectivity index (χ3n) is 4.78. The summed E-state index contributed by atoms with van der Waals surface area (Å²) in [5.74, 6) is 0.854. The summed E-state index contributed by atoms with van der Waals surface area (Å²) in [6.45, 7) is 6.38. The molecule has 6 nitrogen and oxygen atoms in total. The lowest BCUT2D eigenvalue weighted by molar-refractivity contribution is 0.487. The largest absolute Gasteiger partial charge is 0.326 e. The van der Waals surface area contributed by atoms with Crippen molar-refractivity contribution < 1.29 is 0 Å². The molecule has 0 spiro atoms. The fraction of sp³-hybridized carbons (Fsp3) is 0.381. The molecule has 142 valence electrons. The van der Waals surface area contributed by atoms with E-state index in [9.17, 15) is 0 Å². The molecule has 3 aromatic rings. The molecule has 3 N–H and O–H groups in total. The van der Waals surface area contributed by atoms with Gasteiger partial charge in [-0.3, -0.25) is 5.32 Å². The van der Waals surface area contributed by atoms with E-state index in [0.717, 1.165) is 30.8 Å². The van der Waals surface area contributed by atoms with Crippen LogP contribution in [-0.2, 0) is 19.6 Å². The van der Waals surface area contributed by atoms with Crippen LogP contribution < -0.4 is 11.1 Å². The summed E-state index contributed by atoms with van der Waals surface area (Å²) in [5.41, 5.74) is 10.5. The smallest absolute Gasteiger partial charge is 0.172 e. The first-order valence-electron chi connectivity index (χ1n) is 9.55. The SMILES string of the molecule is CCCCn1nnnc1C(NCc1cccc(CN)c1)c1ccccc1C. The molecular weight excluding hydrogens is 336 g/mol. The monoisotopic (exact) mass is 364 g/mol. The van der Waals surface area contributed by atoms with Gasteiger partial charge in [-0.05, 0) is 46.0 Å². The van der Waals surface area contributed by atoms with E-state index in [-0.39, 0.29) is 6.04 Å². The quantitative estimate of drug-likeness (QED) is 0.610. The molecule has 0 bridgehead atoms. The molecule has 0 aliphatic heterocycles. The van der Waals surface area contributed by atoms with Gasteiger partial charge in [0.05, 0.1) is 6.04 Å². The lowest BCUT2D eigenvalue weighted by Crippen LogP contribution is -2.26. The minimum atomic E-state index is -0.0698. The van der Waals surface area contributed by atoms with Gasteiger partial charge in [0.15, 0.2) is 5.82 Å². The molecule has 1 heterocycles. The number of unbranched alkanes of at least 4 members (excludes halogenated alkanes) is 1. The predicted octanol–water partition coefficient (Wildman–Crippen LogP) is 3.12. The standard InChI is InChI=1S/C21H28N6/c1-3-4-12-27-21(24-25-26-27)20(19-11-6-5-8-16(19)2)23-15-18-10-7-9-17(13-18)14-22/h5-11,13,20,23H,3-4,12,14-15,22H2,1-2H3. The lowest BCUT2D eigenvalue weighted by Gasteiger charge is -2.21. The van der Waals surface area contributed by atoms with Crippen molar-refractivity contribution in [2.75, 3.05) is 0 Å². The van der Waals surface area contributed by atoms with Crippen LogP contribution in [0.1, 0.15) is 53.9 Å². The fourth-order valence-electron chi connectivity index (χ4n) is 3.22. The molecule has 1 aromatic heterocycles. The first-order chi connectivity index (χ1) is 13.2. The maximum atomic E-state index is 5.78. The number of aromatic nitrogens is 4. The normalized spacial score (nSPS) is 12.3. The summed E-state index contributed by atoms with van der Waals surface area (Å²) >= 11 is 0. The Morgan fingerprint density at radius 3 is 2.70 bits per heavy atom. The van der Waals surface area contributed by atoms with E-state index in [4.69, 9.17) is 5.73 Å². The molecule has 0 aliphatic rings. The van der Waals surface area contributed by atoms with E-state index in [2.05, 4.69) is 71.1 Å². The van der Waals surface area contributed by atoms with Crippen molar-refractivity contribution in [1.29, 1.82) is 0 Å². The molecule has 0 saturated carbocycles. The van der Waals surface area contributed by atoms with Crippen LogP contribution in [0.5, 0.6) is 0 Å². The zero-order chi connectivity index (χ0) is 19.1. The highest BCUT2D eigenvalue weighted by molar-refractivity contribution is 5.33. The van der Waals surface area contributed by atoms with Gasteiger partial charge in [-0.2, -0.15) is 0 Å². The summed E-state index contributed by atoms with van der Waals surface area (Å²) in [6.07, 6.45) is 2.16. The van der Waals surface area contributed by atoms with Gasteiger partial charge >= 0.3 is 0 Å². The summed E-state index contributed by atoms with van der Waals surface area (Å²) in [5, 5.41) is 16.2. The first kappa shape index (κ1) is 19.2. The number of hydrogen-bond acceptors (Lipinski definition) is 5. The number of hydrogen-bond donors (Lipinski definition) is 2. The van der Waals surface area contributed by atoms with E-state index in [1.54, 1.807) is 0 Å². The molecule has 0 fully saturated rings. The highest BCUT2D eigenvalue weighted by Gasteiger charge is 2.22. The fourth-order valence-corrected chi connectivity index (χ4v) is 3.22. The minimum absolute atomic E-state index is 0.0698. The molecular formula is C21H28N6. The average molecular weight is 364 g/mol. The Labute approximate surface area is 160 Å². The number of benzene rings is 2. The summed E-state index contributed by atoms with van der Waals surface area (Å²) < 4.78 is 1.92. The van der Waals surface area contributed by atoms with Gasteiger partial charge in [0.25, 0.3) is 0 Å². The molecule has 0 aliphatic carbocycles. The number of rotatable bonds is 9. The van der Waals surface area contributed by atoms with E-state index < -0.39 is 0 Å². The van der Waals surface area contributed by atoms with Crippen LogP contribution >= 0.6 is 0 Å². The number of aryl methyl sites for hydroxylation is 2. The topological polar surface area (TPSA) is 81.7 Å². The Bertz CT molecular complexity index is 857. The van der Waals surface area contributed by atoms with Gasteiger partial charge in [-0.15, -0.1) is 5.10 Å². The predicted molar refractivity (Wildman–Crippen MR) is 107 cm³/mol. The Morgan fingerprint density at radius 2 is 1.93 bits per heavy atom. The molecule has 27 heavy (non-hydrogen) atoms. The second-order valence-corrected chi connectivity index (χ2v) is 6.81. The molecule has 0 saturated heterocycles. The Hall–Kier alpha value is -2.57.